The number of benzene rings is 3. The number of fused-ring (bicyclic) bond motifs is 1. The predicted molar refractivity (Wildman–Crippen MR) is 121 cm³/mol. The number of para-hydroxylation sites is 1. The molecule has 0 saturated heterocycles. The van der Waals surface area contributed by atoms with Crippen molar-refractivity contribution in [2.45, 2.75) is 30.2 Å². The van der Waals surface area contributed by atoms with Crippen LogP contribution in [0.4, 0.5) is 16.2 Å². The maximum atomic E-state index is 13.6. The summed E-state index contributed by atoms with van der Waals surface area (Å²) in [6.07, 6.45) is 1.98. The number of thioether (sulfide) groups is 1. The van der Waals surface area contributed by atoms with Crippen LogP contribution in [-0.4, -0.2) is 16.8 Å². The maximum absolute atomic E-state index is 13.6. The van der Waals surface area contributed by atoms with Gasteiger partial charge in [-0.1, -0.05) is 42.0 Å². The number of carbonyl (C=O) groups excluding carboxylic acids is 1. The van der Waals surface area contributed by atoms with Gasteiger partial charge in [0.2, 0.25) is 4.90 Å². The van der Waals surface area contributed by atoms with Crippen LogP contribution >= 0.6 is 11.8 Å². The molecule has 29 heavy (non-hydrogen) atoms. The average Bonchev–Trinajstić information content (AvgIpc) is 2.74. The third kappa shape index (κ3) is 3.75. The molecule has 0 spiro atoms. The molecule has 1 aliphatic rings. The number of anilines is 2. The van der Waals surface area contributed by atoms with Gasteiger partial charge in [0.05, 0.1) is 12.2 Å². The van der Waals surface area contributed by atoms with Crippen molar-refractivity contribution in [1.82, 2.24) is 0 Å². The SMILES string of the molecule is CSc1cccc(N2C(=O)N(Cc3cc(C)ccc3C)c3ccccc3[S+]2[O-])c1. The summed E-state index contributed by atoms with van der Waals surface area (Å²) in [5.41, 5.74) is 4.70. The van der Waals surface area contributed by atoms with Crippen molar-refractivity contribution < 1.29 is 9.35 Å². The summed E-state index contributed by atoms with van der Waals surface area (Å²) in [5.74, 6) is 0. The van der Waals surface area contributed by atoms with E-state index in [4.69, 9.17) is 0 Å². The second kappa shape index (κ2) is 8.14. The first kappa shape index (κ1) is 19.9. The van der Waals surface area contributed by atoms with Crippen LogP contribution in [0.25, 0.3) is 0 Å². The van der Waals surface area contributed by atoms with E-state index in [9.17, 15) is 9.35 Å². The third-order valence-corrected chi connectivity index (χ3v) is 7.18. The first-order chi connectivity index (χ1) is 14.0. The molecule has 0 saturated carbocycles. The van der Waals surface area contributed by atoms with Gasteiger partial charge in [-0.05, 0) is 61.6 Å². The second-order valence-corrected chi connectivity index (χ2v) is 9.19. The van der Waals surface area contributed by atoms with Crippen LogP contribution in [0.2, 0.25) is 0 Å². The van der Waals surface area contributed by atoms with Crippen molar-refractivity contribution in [3.63, 3.8) is 0 Å². The Labute approximate surface area is 178 Å². The fraction of sp³-hybridized carbons (Fsp3) is 0.174. The summed E-state index contributed by atoms with van der Waals surface area (Å²) in [7, 11) is 0. The Morgan fingerprint density at radius 1 is 1.00 bits per heavy atom. The molecule has 0 aromatic heterocycles. The van der Waals surface area contributed by atoms with Crippen LogP contribution in [0.1, 0.15) is 16.7 Å². The summed E-state index contributed by atoms with van der Waals surface area (Å²) in [5, 5.41) is 0. The minimum absolute atomic E-state index is 0.277. The number of urea groups is 1. The van der Waals surface area contributed by atoms with Gasteiger partial charge >= 0.3 is 6.03 Å². The van der Waals surface area contributed by atoms with E-state index in [1.54, 1.807) is 16.7 Å². The fourth-order valence-corrected chi connectivity index (χ4v) is 5.19. The lowest BCUT2D eigenvalue weighted by atomic mass is 10.0. The molecule has 3 aromatic carbocycles. The van der Waals surface area contributed by atoms with Gasteiger partial charge in [-0.15, -0.1) is 16.1 Å². The van der Waals surface area contributed by atoms with E-state index in [0.29, 0.717) is 22.8 Å². The first-order valence-corrected chi connectivity index (χ1v) is 11.7. The minimum Gasteiger partial charge on any atom is -0.587 e. The Morgan fingerprint density at radius 3 is 2.59 bits per heavy atom. The van der Waals surface area contributed by atoms with Crippen molar-refractivity contribution in [3.05, 3.63) is 83.4 Å². The Morgan fingerprint density at radius 2 is 1.79 bits per heavy atom. The average molecular weight is 423 g/mol. The number of amides is 2. The first-order valence-electron chi connectivity index (χ1n) is 9.32. The number of aryl methyl sites for hydroxylation is 2. The van der Waals surface area contributed by atoms with Crippen LogP contribution in [0, 0.1) is 13.8 Å². The summed E-state index contributed by atoms with van der Waals surface area (Å²) in [6.45, 7) is 4.52. The highest BCUT2D eigenvalue weighted by atomic mass is 32.2. The molecule has 2 amide bonds. The van der Waals surface area contributed by atoms with Gasteiger partial charge in [0.25, 0.3) is 0 Å². The number of carbonyl (C=O) groups is 1. The molecular formula is C23H22N2O2S2. The number of rotatable bonds is 4. The van der Waals surface area contributed by atoms with E-state index in [1.165, 1.54) is 4.31 Å². The van der Waals surface area contributed by atoms with E-state index in [0.717, 1.165) is 21.6 Å². The molecule has 0 radical (unpaired) electrons. The molecule has 6 heteroatoms. The Balaban J connectivity index is 1.80. The van der Waals surface area contributed by atoms with E-state index in [-0.39, 0.29) is 6.03 Å². The fourth-order valence-electron chi connectivity index (χ4n) is 3.45. The molecule has 0 fully saturated rings. The monoisotopic (exact) mass is 422 g/mol. The zero-order valence-electron chi connectivity index (χ0n) is 16.6. The van der Waals surface area contributed by atoms with Crippen molar-refractivity contribution in [2.24, 2.45) is 0 Å². The molecule has 4 rings (SSSR count). The van der Waals surface area contributed by atoms with E-state index in [1.807, 2.05) is 68.6 Å². The van der Waals surface area contributed by atoms with Crippen LogP contribution in [-0.2, 0) is 17.9 Å². The molecule has 3 aromatic rings. The molecule has 0 aliphatic carbocycles. The lowest BCUT2D eigenvalue weighted by Gasteiger charge is -2.36. The molecule has 4 nitrogen and oxygen atoms in total. The Bertz CT molecular complexity index is 1070. The second-order valence-electron chi connectivity index (χ2n) is 7.01. The summed E-state index contributed by atoms with van der Waals surface area (Å²) in [6, 6.07) is 21.0. The van der Waals surface area contributed by atoms with Gasteiger partial charge in [-0.3, -0.25) is 4.90 Å². The van der Waals surface area contributed by atoms with Gasteiger partial charge in [0.15, 0.2) is 0 Å². The van der Waals surface area contributed by atoms with Crippen LogP contribution in [0.5, 0.6) is 0 Å². The molecule has 1 heterocycles. The molecule has 0 N–H and O–H groups in total. The summed E-state index contributed by atoms with van der Waals surface area (Å²) >= 11 is -0.00834. The zero-order valence-corrected chi connectivity index (χ0v) is 18.2. The molecule has 148 valence electrons. The lowest BCUT2D eigenvalue weighted by Crippen LogP contribution is -2.50. The highest BCUT2D eigenvalue weighted by Crippen LogP contribution is 2.38. The topological polar surface area (TPSA) is 46.6 Å². The van der Waals surface area contributed by atoms with E-state index in [2.05, 4.69) is 18.2 Å². The highest BCUT2D eigenvalue weighted by molar-refractivity contribution is 7.98. The minimum atomic E-state index is -1.60. The lowest BCUT2D eigenvalue weighted by molar-refractivity contribution is 0.253. The third-order valence-electron chi connectivity index (χ3n) is 5.04. The largest absolute Gasteiger partial charge is 0.587 e. The number of nitrogens with zero attached hydrogens (tertiary/aromatic N) is 2. The van der Waals surface area contributed by atoms with Crippen molar-refractivity contribution in [2.75, 3.05) is 15.5 Å². The number of hydrogen-bond acceptors (Lipinski definition) is 3. The van der Waals surface area contributed by atoms with E-state index >= 15 is 0 Å². The predicted octanol–water partition coefficient (Wildman–Crippen LogP) is 5.69. The van der Waals surface area contributed by atoms with Crippen LogP contribution in [0.3, 0.4) is 0 Å². The van der Waals surface area contributed by atoms with Gasteiger partial charge < -0.3 is 4.55 Å². The molecular weight excluding hydrogens is 400 g/mol. The van der Waals surface area contributed by atoms with Gasteiger partial charge in [0.1, 0.15) is 17.0 Å². The summed E-state index contributed by atoms with van der Waals surface area (Å²) in [4.78, 5) is 16.9. The van der Waals surface area contributed by atoms with Gasteiger partial charge in [0, 0.05) is 4.90 Å². The molecule has 0 bridgehead atoms. The number of hydrogen-bond donors (Lipinski definition) is 0. The normalized spacial score (nSPS) is 16.1. The Hall–Kier alpha value is -2.41. The summed E-state index contributed by atoms with van der Waals surface area (Å²) < 4.78 is 14.7. The van der Waals surface area contributed by atoms with Gasteiger partial charge in [-0.2, -0.15) is 0 Å². The zero-order chi connectivity index (χ0) is 20.5. The molecule has 1 aliphatic heterocycles. The van der Waals surface area contributed by atoms with Gasteiger partial charge in [-0.25, -0.2) is 4.79 Å². The van der Waals surface area contributed by atoms with Crippen molar-refractivity contribution in [1.29, 1.82) is 0 Å². The van der Waals surface area contributed by atoms with Crippen LogP contribution in [0.15, 0.2) is 76.5 Å². The highest BCUT2D eigenvalue weighted by Gasteiger charge is 2.42. The quantitative estimate of drug-likeness (QED) is 0.400. The molecule has 1 atom stereocenters. The standard InChI is InChI=1S/C23H22N2O2S2/c1-16-11-12-17(2)18(13-16)15-24-21-9-4-5-10-22(21)29(27)25(23(24)26)19-7-6-8-20(14-19)28-3/h4-14H,15H2,1-3H3. The van der Waals surface area contributed by atoms with Crippen LogP contribution < -0.4 is 9.21 Å². The van der Waals surface area contributed by atoms with Crippen molar-refractivity contribution in [3.8, 4) is 0 Å². The van der Waals surface area contributed by atoms with E-state index < -0.39 is 11.4 Å². The maximum Gasteiger partial charge on any atom is 0.371 e. The van der Waals surface area contributed by atoms with Crippen molar-refractivity contribution >= 4 is 40.5 Å². The molecule has 1 unspecified atom stereocenters. The Kier molecular flexibility index (Phi) is 5.58. The smallest absolute Gasteiger partial charge is 0.371 e.